The smallest absolute Gasteiger partial charge is 0.249 e. The minimum absolute atomic E-state index is 0.386. The van der Waals surface area contributed by atoms with Crippen molar-refractivity contribution in [2.24, 2.45) is 0 Å². The summed E-state index contributed by atoms with van der Waals surface area (Å²) in [6.07, 6.45) is 35.7. The maximum absolute atomic E-state index is 12.3. The third-order valence-corrected chi connectivity index (χ3v) is 6.96. The maximum atomic E-state index is 12.3. The molecule has 226 valence electrons. The van der Waals surface area contributed by atoms with Crippen LogP contribution >= 0.6 is 0 Å². The average molecular weight is 548 g/mol. The van der Waals surface area contributed by atoms with Crippen molar-refractivity contribution >= 4 is 5.91 Å². The highest BCUT2D eigenvalue weighted by molar-refractivity contribution is 5.80. The lowest BCUT2D eigenvalue weighted by Gasteiger charge is -2.21. The predicted molar refractivity (Wildman–Crippen MR) is 167 cm³/mol. The second kappa shape index (κ2) is 29.3. The number of hydrogen-bond donors (Lipinski definition) is 4. The summed E-state index contributed by atoms with van der Waals surface area (Å²) in [5.41, 5.74) is 0. The van der Waals surface area contributed by atoms with Crippen LogP contribution in [0.15, 0.2) is 48.6 Å². The molecule has 0 bridgehead atoms. The van der Waals surface area contributed by atoms with Gasteiger partial charge >= 0.3 is 0 Å². The van der Waals surface area contributed by atoms with Gasteiger partial charge in [-0.3, -0.25) is 4.79 Å². The highest BCUT2D eigenvalue weighted by Gasteiger charge is 2.22. The summed E-state index contributed by atoms with van der Waals surface area (Å²) in [7, 11) is 0. The fourth-order valence-electron chi connectivity index (χ4n) is 4.39. The second-order valence-corrected chi connectivity index (χ2v) is 10.7. The zero-order valence-electron chi connectivity index (χ0n) is 25.2. The van der Waals surface area contributed by atoms with Crippen molar-refractivity contribution in [2.45, 2.75) is 154 Å². The van der Waals surface area contributed by atoms with Crippen LogP contribution in [0.1, 0.15) is 136 Å². The number of allylic oxidation sites excluding steroid dienone is 7. The molecule has 0 fully saturated rings. The number of amides is 1. The van der Waals surface area contributed by atoms with Crippen molar-refractivity contribution in [1.29, 1.82) is 0 Å². The van der Waals surface area contributed by atoms with Crippen LogP contribution in [0.5, 0.6) is 0 Å². The molecular formula is C34H61NO4. The molecule has 0 aromatic carbocycles. The molecule has 0 aliphatic heterocycles. The molecule has 0 radical (unpaired) electrons. The lowest BCUT2D eigenvalue weighted by molar-refractivity contribution is -0.131. The largest absolute Gasteiger partial charge is 0.394 e. The second-order valence-electron chi connectivity index (χ2n) is 10.7. The number of carbonyl (C=O) groups excluding carboxylic acids is 1. The fraction of sp³-hybridized carbons (Fsp3) is 0.735. The highest BCUT2D eigenvalue weighted by atomic mass is 16.3. The lowest BCUT2D eigenvalue weighted by Crippen LogP contribution is -2.48. The molecule has 0 rings (SSSR count). The van der Waals surface area contributed by atoms with E-state index < -0.39 is 24.2 Å². The Bertz CT molecular complexity index is 656. The molecule has 0 saturated carbocycles. The van der Waals surface area contributed by atoms with Crippen LogP contribution in [0.2, 0.25) is 0 Å². The zero-order chi connectivity index (χ0) is 28.8. The quantitative estimate of drug-likeness (QED) is 0.0622. The van der Waals surface area contributed by atoms with Crippen LogP contribution < -0.4 is 5.32 Å². The Kier molecular flexibility index (Phi) is 28.0. The predicted octanol–water partition coefficient (Wildman–Crippen LogP) is 7.86. The Balaban J connectivity index is 3.83. The summed E-state index contributed by atoms with van der Waals surface area (Å²) in [5.74, 6) is -0.529. The van der Waals surface area contributed by atoms with Crippen molar-refractivity contribution < 1.29 is 20.1 Å². The summed E-state index contributed by atoms with van der Waals surface area (Å²) in [5, 5.41) is 32.7. The van der Waals surface area contributed by atoms with E-state index in [0.29, 0.717) is 6.42 Å². The van der Waals surface area contributed by atoms with Crippen molar-refractivity contribution in [3.8, 4) is 0 Å². The Hall–Kier alpha value is -1.69. The number of hydrogen-bond acceptors (Lipinski definition) is 4. The van der Waals surface area contributed by atoms with Gasteiger partial charge in [0.1, 0.15) is 6.10 Å². The van der Waals surface area contributed by atoms with Crippen LogP contribution in [-0.4, -0.2) is 46.1 Å². The monoisotopic (exact) mass is 547 g/mol. The molecule has 39 heavy (non-hydrogen) atoms. The van der Waals surface area contributed by atoms with Crippen molar-refractivity contribution in [1.82, 2.24) is 5.32 Å². The molecule has 5 heteroatoms. The number of carbonyl (C=O) groups is 1. The van der Waals surface area contributed by atoms with E-state index in [4.69, 9.17) is 0 Å². The summed E-state index contributed by atoms with van der Waals surface area (Å²) in [6, 6.07) is -0.820. The number of unbranched alkanes of at least 4 members (excludes halogenated alkanes) is 14. The van der Waals surface area contributed by atoms with E-state index in [1.807, 2.05) is 19.1 Å². The Morgan fingerprint density at radius 3 is 1.72 bits per heavy atom. The minimum atomic E-state index is -1.11. The maximum Gasteiger partial charge on any atom is 0.249 e. The summed E-state index contributed by atoms with van der Waals surface area (Å²) < 4.78 is 0. The first kappa shape index (κ1) is 37.3. The highest BCUT2D eigenvalue weighted by Crippen LogP contribution is 2.12. The van der Waals surface area contributed by atoms with E-state index in [1.54, 1.807) is 6.08 Å². The van der Waals surface area contributed by atoms with Gasteiger partial charge in [0.05, 0.1) is 18.8 Å². The van der Waals surface area contributed by atoms with Gasteiger partial charge in [-0.2, -0.15) is 0 Å². The first-order chi connectivity index (χ1) is 19.1. The molecule has 5 nitrogen and oxygen atoms in total. The van der Waals surface area contributed by atoms with Crippen LogP contribution in [0.25, 0.3) is 0 Å². The van der Waals surface area contributed by atoms with Gasteiger partial charge in [0.2, 0.25) is 5.91 Å². The van der Waals surface area contributed by atoms with Crippen LogP contribution in [0.3, 0.4) is 0 Å². The molecule has 0 spiro atoms. The summed E-state index contributed by atoms with van der Waals surface area (Å²) >= 11 is 0. The van der Waals surface area contributed by atoms with Gasteiger partial charge in [-0.1, -0.05) is 120 Å². The molecule has 0 heterocycles. The molecule has 4 N–H and O–H groups in total. The van der Waals surface area contributed by atoms with Crippen LogP contribution in [0, 0.1) is 0 Å². The van der Waals surface area contributed by atoms with E-state index >= 15 is 0 Å². The summed E-state index contributed by atoms with van der Waals surface area (Å²) in [6.45, 7) is 3.89. The third kappa shape index (κ3) is 25.0. The Morgan fingerprint density at radius 1 is 0.667 bits per heavy atom. The molecule has 3 unspecified atom stereocenters. The third-order valence-electron chi connectivity index (χ3n) is 6.96. The molecule has 1 amide bonds. The lowest BCUT2D eigenvalue weighted by atomic mass is 10.0. The van der Waals surface area contributed by atoms with Crippen molar-refractivity contribution in [2.75, 3.05) is 6.61 Å². The van der Waals surface area contributed by atoms with Crippen molar-refractivity contribution in [3.05, 3.63) is 48.6 Å². The van der Waals surface area contributed by atoms with E-state index in [0.717, 1.165) is 51.4 Å². The molecule has 0 saturated heterocycles. The first-order valence-electron chi connectivity index (χ1n) is 15.9. The fourth-order valence-corrected chi connectivity index (χ4v) is 4.39. The van der Waals surface area contributed by atoms with Crippen molar-refractivity contribution in [3.63, 3.8) is 0 Å². The SMILES string of the molecule is C/C=C/CC/C=C/CC/C=C/C(O)C(CO)NC(=O)C(O)CCCCCCCC/C=C\CCCCCCCC. The number of aliphatic hydroxyl groups excluding tert-OH is 3. The molecule has 0 aromatic rings. The van der Waals surface area contributed by atoms with Crippen LogP contribution in [-0.2, 0) is 4.79 Å². The minimum Gasteiger partial charge on any atom is -0.394 e. The number of nitrogens with one attached hydrogen (secondary N) is 1. The Labute approximate surface area is 240 Å². The van der Waals surface area contributed by atoms with Gasteiger partial charge in [0, 0.05) is 0 Å². The van der Waals surface area contributed by atoms with Crippen LogP contribution in [0.4, 0.5) is 0 Å². The molecule has 0 aliphatic carbocycles. The number of rotatable bonds is 27. The molecule has 0 aliphatic rings. The van der Waals surface area contributed by atoms with Gasteiger partial charge in [0.15, 0.2) is 0 Å². The zero-order valence-corrected chi connectivity index (χ0v) is 25.2. The van der Waals surface area contributed by atoms with E-state index in [-0.39, 0.29) is 6.61 Å². The standard InChI is InChI=1S/C34H61NO4/c1-3-5-7-9-11-13-14-15-16-17-18-19-21-23-25-27-29-33(38)34(39)35-31(30-36)32(37)28-26-24-22-20-12-10-8-6-4-2/h4,6,12,15-16,20,26,28,31-33,36-38H,3,5,7-11,13-14,17-19,21-25,27,29-30H2,1-2H3,(H,35,39)/b6-4+,16-15-,20-12+,28-26+. The molecule has 0 aromatic heterocycles. The van der Waals surface area contributed by atoms with Gasteiger partial charge in [0.25, 0.3) is 0 Å². The van der Waals surface area contributed by atoms with Gasteiger partial charge in [-0.15, -0.1) is 0 Å². The summed E-state index contributed by atoms with van der Waals surface area (Å²) in [4.78, 5) is 12.3. The van der Waals surface area contributed by atoms with Gasteiger partial charge < -0.3 is 20.6 Å². The van der Waals surface area contributed by atoms with Gasteiger partial charge in [-0.05, 0) is 64.7 Å². The average Bonchev–Trinajstić information content (AvgIpc) is 2.94. The normalized spacial score (nSPS) is 14.7. The first-order valence-corrected chi connectivity index (χ1v) is 15.9. The topological polar surface area (TPSA) is 89.8 Å². The Morgan fingerprint density at radius 2 is 1.15 bits per heavy atom. The van der Waals surface area contributed by atoms with E-state index in [2.05, 4.69) is 42.6 Å². The van der Waals surface area contributed by atoms with Gasteiger partial charge in [-0.25, -0.2) is 0 Å². The molecular weight excluding hydrogens is 486 g/mol. The number of aliphatic hydroxyl groups is 3. The molecule has 3 atom stereocenters. The van der Waals surface area contributed by atoms with E-state index in [9.17, 15) is 20.1 Å². The van der Waals surface area contributed by atoms with E-state index in [1.165, 1.54) is 64.2 Å².